The number of carbonyl (C=O) groups excluding carboxylic acids is 2. The lowest BCUT2D eigenvalue weighted by molar-refractivity contribution is -0.122. The fourth-order valence-electron chi connectivity index (χ4n) is 6.88. The molecular weight excluding hydrogens is 543 g/mol. The molecule has 3 aromatic carbocycles. The van der Waals surface area contributed by atoms with Gasteiger partial charge < -0.3 is 25.2 Å². The zero-order valence-corrected chi connectivity index (χ0v) is 24.0. The number of phenols is 1. The molecule has 2 saturated heterocycles. The van der Waals surface area contributed by atoms with Crippen molar-refractivity contribution in [2.75, 3.05) is 16.8 Å². The highest BCUT2D eigenvalue weighted by Gasteiger charge is 2.57. The number of imide groups is 1. The topological polar surface area (TPSA) is 119 Å². The minimum atomic E-state index is -1.08. The molecule has 0 aromatic heterocycles. The van der Waals surface area contributed by atoms with E-state index in [1.807, 2.05) is 61.5 Å². The normalized spacial score (nSPS) is 23.8. The maximum atomic E-state index is 13.9. The molecule has 1 aliphatic carbocycles. The summed E-state index contributed by atoms with van der Waals surface area (Å²) in [5, 5.41) is 34.2. The average Bonchev–Trinajstić information content (AvgIpc) is 3.25. The molecule has 8 nitrogen and oxygen atoms in total. The monoisotopic (exact) mass is 578 g/mol. The quantitative estimate of drug-likeness (QED) is 0.162. The zero-order valence-electron chi connectivity index (χ0n) is 24.0. The summed E-state index contributed by atoms with van der Waals surface area (Å²) in [5.74, 6) is -1.96. The van der Waals surface area contributed by atoms with E-state index in [1.165, 1.54) is 4.90 Å². The van der Waals surface area contributed by atoms with Crippen molar-refractivity contribution in [2.24, 2.45) is 17.8 Å². The van der Waals surface area contributed by atoms with Crippen LogP contribution < -0.4 is 10.2 Å². The average molecular weight is 578 g/mol. The van der Waals surface area contributed by atoms with Crippen molar-refractivity contribution in [2.45, 2.75) is 38.6 Å². The summed E-state index contributed by atoms with van der Waals surface area (Å²) in [6.45, 7) is 1.77. The van der Waals surface area contributed by atoms with Crippen LogP contribution in [0.5, 0.6) is 5.75 Å². The van der Waals surface area contributed by atoms with E-state index in [2.05, 4.69) is 5.32 Å². The van der Waals surface area contributed by atoms with Gasteiger partial charge in [-0.3, -0.25) is 14.5 Å². The fraction of sp³-hybridized carbons (Fsp3) is 0.294. The van der Waals surface area contributed by atoms with Crippen LogP contribution in [0.1, 0.15) is 31.7 Å². The van der Waals surface area contributed by atoms with Gasteiger partial charge in [0.15, 0.2) is 0 Å². The second-order valence-electron chi connectivity index (χ2n) is 11.6. The van der Waals surface area contributed by atoms with Gasteiger partial charge in [0, 0.05) is 11.4 Å². The van der Waals surface area contributed by atoms with E-state index in [9.17, 15) is 24.8 Å². The highest BCUT2D eigenvalue weighted by Crippen LogP contribution is 2.51. The molecule has 0 saturated carbocycles. The highest BCUT2D eigenvalue weighted by molar-refractivity contribution is 6.43. The van der Waals surface area contributed by atoms with Crippen LogP contribution in [-0.2, 0) is 14.2 Å². The summed E-state index contributed by atoms with van der Waals surface area (Å²) in [5.41, 5.74) is 5.80. The fourth-order valence-corrected chi connectivity index (χ4v) is 6.88. The lowest BCUT2D eigenvalue weighted by Gasteiger charge is -2.42. The van der Waals surface area contributed by atoms with Crippen LogP contribution in [0.4, 0.5) is 17.1 Å². The van der Waals surface area contributed by atoms with E-state index in [0.29, 0.717) is 18.5 Å². The van der Waals surface area contributed by atoms with Crippen LogP contribution in [0.25, 0.3) is 6.08 Å². The first-order valence-corrected chi connectivity index (χ1v) is 14.7. The van der Waals surface area contributed by atoms with Crippen LogP contribution in [0.15, 0.2) is 95.6 Å². The third-order valence-electron chi connectivity index (χ3n) is 8.77. The second-order valence-corrected chi connectivity index (χ2v) is 11.6. The minimum Gasteiger partial charge on any atom is -0.508 e. The Morgan fingerprint density at radius 3 is 2.47 bits per heavy atom. The van der Waals surface area contributed by atoms with E-state index >= 15 is 0 Å². The number of hydrogen-bond donors (Lipinski definition) is 4. The van der Waals surface area contributed by atoms with Crippen LogP contribution in [0, 0.1) is 17.8 Å². The van der Waals surface area contributed by atoms with E-state index in [4.69, 9.17) is 4.65 Å². The number of aliphatic hydroxyl groups excluding tert-OH is 1. The predicted molar refractivity (Wildman–Crippen MR) is 167 cm³/mol. The number of nitrogens with zero attached hydrogens (tertiary/aromatic N) is 1. The number of nitrogens with one attached hydrogen (secondary N) is 1. The summed E-state index contributed by atoms with van der Waals surface area (Å²) >= 11 is 0. The Bertz CT molecular complexity index is 1570. The van der Waals surface area contributed by atoms with Crippen molar-refractivity contribution < 1.29 is 29.5 Å². The molecular formula is C34H35BN2O6. The third-order valence-corrected chi connectivity index (χ3v) is 8.77. The summed E-state index contributed by atoms with van der Waals surface area (Å²) in [4.78, 5) is 28.9. The van der Waals surface area contributed by atoms with Crippen LogP contribution in [0.3, 0.4) is 0 Å². The minimum absolute atomic E-state index is 0.196. The Balaban J connectivity index is 1.22. The van der Waals surface area contributed by atoms with Gasteiger partial charge in [-0.2, -0.15) is 0 Å². The summed E-state index contributed by atoms with van der Waals surface area (Å²) < 4.78 is 5.99. The maximum absolute atomic E-state index is 13.9. The number of fused-ring (bicyclic) bond motifs is 3. The van der Waals surface area contributed by atoms with Crippen molar-refractivity contribution in [3.63, 3.8) is 0 Å². The van der Waals surface area contributed by atoms with E-state index in [0.717, 1.165) is 33.7 Å². The standard InChI is InChI=1S/C34H35BN2O6/c1-21(16-22-6-5-9-27(39)17-22)10-15-30-31-23(20-38)18-28-32(29(31)19-35(42)43-30)34(41)37(33(28)40)26-13-11-25(12-14-26)36-24-7-3-2-4-8-24/h2-9,11-14,16-17,28-30,32,36,38-39,42H,10,15,18-20H2,1H3/b21-16+/t28-,29+,30-,32-/m1/s1. The lowest BCUT2D eigenvalue weighted by Crippen LogP contribution is -2.46. The number of para-hydroxylation sites is 1. The number of carbonyl (C=O) groups is 2. The number of benzene rings is 3. The van der Waals surface area contributed by atoms with Gasteiger partial charge in [-0.1, -0.05) is 42.0 Å². The molecule has 2 amide bonds. The van der Waals surface area contributed by atoms with Gasteiger partial charge in [-0.05, 0) is 104 Å². The molecule has 220 valence electrons. The Morgan fingerprint density at radius 1 is 1.00 bits per heavy atom. The molecule has 4 atom stereocenters. The molecule has 0 spiro atoms. The van der Waals surface area contributed by atoms with E-state index < -0.39 is 31.0 Å². The molecule has 9 heteroatoms. The number of amides is 2. The number of allylic oxidation sites excluding steroid dienone is 1. The second kappa shape index (κ2) is 12.2. The van der Waals surface area contributed by atoms with Gasteiger partial charge in [0.1, 0.15) is 5.75 Å². The van der Waals surface area contributed by atoms with Crippen LogP contribution in [0.2, 0.25) is 6.32 Å². The summed E-state index contributed by atoms with van der Waals surface area (Å²) in [6.07, 6.45) is 3.19. The lowest BCUT2D eigenvalue weighted by atomic mass is 9.58. The first kappa shape index (κ1) is 28.9. The molecule has 2 heterocycles. The predicted octanol–water partition coefficient (Wildman–Crippen LogP) is 5.31. The molecule has 4 N–H and O–H groups in total. The maximum Gasteiger partial charge on any atom is 0.455 e. The molecule has 0 radical (unpaired) electrons. The molecule has 6 rings (SSSR count). The van der Waals surface area contributed by atoms with Gasteiger partial charge in [0.25, 0.3) is 0 Å². The Hall–Kier alpha value is -4.18. The molecule has 3 aromatic rings. The van der Waals surface area contributed by atoms with Crippen molar-refractivity contribution in [1.29, 1.82) is 0 Å². The molecule has 0 unspecified atom stereocenters. The summed E-state index contributed by atoms with van der Waals surface area (Å²) in [6, 6.07) is 24.0. The van der Waals surface area contributed by atoms with Crippen LogP contribution >= 0.6 is 0 Å². The zero-order chi connectivity index (χ0) is 30.1. The highest BCUT2D eigenvalue weighted by atomic mass is 16.5. The smallest absolute Gasteiger partial charge is 0.455 e. The molecule has 2 fully saturated rings. The number of anilines is 3. The van der Waals surface area contributed by atoms with Gasteiger partial charge in [-0.25, -0.2) is 0 Å². The molecule has 3 aliphatic rings. The van der Waals surface area contributed by atoms with Crippen molar-refractivity contribution >= 4 is 42.1 Å². The van der Waals surface area contributed by atoms with Gasteiger partial charge >= 0.3 is 7.12 Å². The number of hydrogen-bond acceptors (Lipinski definition) is 7. The van der Waals surface area contributed by atoms with Crippen molar-refractivity contribution in [3.05, 3.63) is 101 Å². The Morgan fingerprint density at radius 2 is 1.74 bits per heavy atom. The van der Waals surface area contributed by atoms with E-state index in [1.54, 1.807) is 30.3 Å². The Labute approximate surface area is 251 Å². The third kappa shape index (κ3) is 5.88. The van der Waals surface area contributed by atoms with Crippen molar-refractivity contribution in [3.8, 4) is 5.75 Å². The first-order valence-electron chi connectivity index (χ1n) is 14.7. The SMILES string of the molecule is C/C(=C\c1cccc(O)c1)CC[C@H]1OB(O)C[C@H]2C1=C(CO)C[C@H]1C(=O)N(c3ccc(Nc4ccccc4)cc3)C(=O)[C@H]12. The molecule has 43 heavy (non-hydrogen) atoms. The van der Waals surface area contributed by atoms with Crippen LogP contribution in [-0.4, -0.2) is 46.9 Å². The number of phenolic OH excluding ortho intramolecular Hbond substituents is 1. The van der Waals surface area contributed by atoms with E-state index in [-0.39, 0.29) is 36.9 Å². The molecule has 0 bridgehead atoms. The largest absolute Gasteiger partial charge is 0.508 e. The van der Waals surface area contributed by atoms with Gasteiger partial charge in [0.2, 0.25) is 11.8 Å². The summed E-state index contributed by atoms with van der Waals surface area (Å²) in [7, 11) is -1.08. The first-order chi connectivity index (χ1) is 20.8. The van der Waals surface area contributed by atoms with Gasteiger partial charge in [0.05, 0.1) is 30.2 Å². The Kier molecular flexibility index (Phi) is 8.21. The number of rotatable bonds is 8. The van der Waals surface area contributed by atoms with Crippen molar-refractivity contribution in [1.82, 2.24) is 0 Å². The van der Waals surface area contributed by atoms with Gasteiger partial charge in [-0.15, -0.1) is 0 Å². The molecule has 2 aliphatic heterocycles. The number of aliphatic hydroxyl groups is 1. The number of aromatic hydroxyl groups is 1.